The van der Waals surface area contributed by atoms with Gasteiger partial charge in [-0.1, -0.05) is 49.6 Å². The molecule has 2 aromatic rings. The summed E-state index contributed by atoms with van der Waals surface area (Å²) in [5.41, 5.74) is 9.76. The predicted molar refractivity (Wildman–Crippen MR) is 139 cm³/mol. The number of nitrogens with zero attached hydrogens (tertiary/aromatic N) is 2. The van der Waals surface area contributed by atoms with Gasteiger partial charge in [-0.15, -0.1) is 0 Å². The molecule has 36 heavy (non-hydrogen) atoms. The second-order valence-electron chi connectivity index (χ2n) is 9.30. The third-order valence-electron chi connectivity index (χ3n) is 6.78. The molecule has 3 amide bonds. The number of hydrogen-bond donors (Lipinski definition) is 3. The molecular weight excluding hydrogens is 458 g/mol. The maximum atomic E-state index is 13.3. The number of rotatable bonds is 6. The van der Waals surface area contributed by atoms with Crippen molar-refractivity contribution in [3.63, 3.8) is 0 Å². The van der Waals surface area contributed by atoms with E-state index in [1.165, 1.54) is 13.5 Å². The van der Waals surface area contributed by atoms with Crippen LogP contribution in [0.5, 0.6) is 0 Å². The lowest BCUT2D eigenvalue weighted by Gasteiger charge is -2.25. The SMILES string of the molecule is COC(=O)[C@@H](N)Cc1cccc(NC(=O)N[C@@H]2N=C(C3CCCCC3)c3ccccc3N(C)C2=O)c1. The van der Waals surface area contributed by atoms with Crippen molar-refractivity contribution in [2.45, 2.75) is 50.7 Å². The summed E-state index contributed by atoms with van der Waals surface area (Å²) >= 11 is 0. The second kappa shape index (κ2) is 11.3. The highest BCUT2D eigenvalue weighted by atomic mass is 16.5. The van der Waals surface area contributed by atoms with Crippen LogP contribution in [0.25, 0.3) is 0 Å². The number of likely N-dealkylation sites (N-methyl/N-ethyl adjacent to an activating group) is 1. The highest BCUT2D eigenvalue weighted by Gasteiger charge is 2.33. The van der Waals surface area contributed by atoms with E-state index in [0.717, 1.165) is 48.2 Å². The maximum Gasteiger partial charge on any atom is 0.322 e. The number of carbonyl (C=O) groups excluding carboxylic acids is 3. The smallest absolute Gasteiger partial charge is 0.322 e. The van der Waals surface area contributed by atoms with E-state index in [1.807, 2.05) is 30.3 Å². The number of ether oxygens (including phenoxy) is 1. The first-order chi connectivity index (χ1) is 17.4. The van der Waals surface area contributed by atoms with E-state index in [9.17, 15) is 14.4 Å². The molecule has 1 saturated carbocycles. The van der Waals surface area contributed by atoms with Gasteiger partial charge in [-0.05, 0) is 43.0 Å². The first kappa shape index (κ1) is 25.4. The third kappa shape index (κ3) is 5.73. The quantitative estimate of drug-likeness (QED) is 0.535. The van der Waals surface area contributed by atoms with Crippen molar-refractivity contribution in [3.8, 4) is 0 Å². The van der Waals surface area contributed by atoms with E-state index < -0.39 is 24.2 Å². The van der Waals surface area contributed by atoms with Crippen LogP contribution in [0.4, 0.5) is 16.2 Å². The zero-order chi connectivity index (χ0) is 25.7. The monoisotopic (exact) mass is 491 g/mol. The summed E-state index contributed by atoms with van der Waals surface area (Å²) in [6.45, 7) is 0. The van der Waals surface area contributed by atoms with Gasteiger partial charge in [0.25, 0.3) is 5.91 Å². The minimum absolute atomic E-state index is 0.252. The minimum atomic E-state index is -1.05. The molecule has 2 aromatic carbocycles. The van der Waals surface area contributed by atoms with Crippen LogP contribution in [0, 0.1) is 5.92 Å². The van der Waals surface area contributed by atoms with Crippen LogP contribution in [0.3, 0.4) is 0 Å². The van der Waals surface area contributed by atoms with Crippen molar-refractivity contribution in [2.24, 2.45) is 16.6 Å². The maximum absolute atomic E-state index is 13.3. The van der Waals surface area contributed by atoms with Crippen molar-refractivity contribution in [2.75, 3.05) is 24.4 Å². The third-order valence-corrected chi connectivity index (χ3v) is 6.78. The Kier molecular flexibility index (Phi) is 8.00. The number of nitrogens with two attached hydrogens (primary N) is 1. The molecule has 2 atom stereocenters. The van der Waals surface area contributed by atoms with Crippen molar-refractivity contribution in [1.29, 1.82) is 0 Å². The molecule has 1 fully saturated rings. The summed E-state index contributed by atoms with van der Waals surface area (Å²) < 4.78 is 4.68. The van der Waals surface area contributed by atoms with Gasteiger partial charge in [-0.2, -0.15) is 0 Å². The van der Waals surface area contributed by atoms with Crippen molar-refractivity contribution in [1.82, 2.24) is 5.32 Å². The molecule has 2 aliphatic rings. The molecule has 4 N–H and O–H groups in total. The Morgan fingerprint density at radius 1 is 1.14 bits per heavy atom. The fourth-order valence-electron chi connectivity index (χ4n) is 4.90. The molecule has 0 radical (unpaired) electrons. The number of nitrogens with one attached hydrogen (secondary N) is 2. The minimum Gasteiger partial charge on any atom is -0.468 e. The number of anilines is 2. The topological polar surface area (TPSA) is 126 Å². The number of benzene rings is 2. The molecule has 1 aliphatic heterocycles. The lowest BCUT2D eigenvalue weighted by molar-refractivity contribution is -0.142. The Morgan fingerprint density at radius 3 is 2.64 bits per heavy atom. The van der Waals surface area contributed by atoms with Crippen LogP contribution in [0.2, 0.25) is 0 Å². The van der Waals surface area contributed by atoms with E-state index in [2.05, 4.69) is 15.4 Å². The number of urea groups is 1. The second-order valence-corrected chi connectivity index (χ2v) is 9.30. The normalized spacial score (nSPS) is 19.0. The van der Waals surface area contributed by atoms with E-state index in [4.69, 9.17) is 10.7 Å². The summed E-state index contributed by atoms with van der Waals surface area (Å²) in [4.78, 5) is 44.3. The Bertz CT molecular complexity index is 1160. The molecule has 4 rings (SSSR count). The summed E-state index contributed by atoms with van der Waals surface area (Å²) in [6, 6.07) is 13.5. The van der Waals surface area contributed by atoms with Crippen LogP contribution >= 0.6 is 0 Å². The molecule has 1 aliphatic carbocycles. The van der Waals surface area contributed by atoms with Gasteiger partial charge in [0.05, 0.1) is 18.5 Å². The fourth-order valence-corrected chi connectivity index (χ4v) is 4.90. The van der Waals surface area contributed by atoms with Crippen molar-refractivity contribution in [3.05, 3.63) is 59.7 Å². The van der Waals surface area contributed by atoms with Gasteiger partial charge < -0.3 is 26.0 Å². The number of methoxy groups -OCH3 is 1. The van der Waals surface area contributed by atoms with E-state index in [1.54, 1.807) is 30.1 Å². The molecule has 0 spiro atoms. The van der Waals surface area contributed by atoms with Crippen molar-refractivity contribution < 1.29 is 19.1 Å². The van der Waals surface area contributed by atoms with Crippen LogP contribution < -0.4 is 21.3 Å². The van der Waals surface area contributed by atoms with Gasteiger partial charge in [0.2, 0.25) is 6.17 Å². The number of aliphatic imine (C=N–C) groups is 1. The first-order valence-corrected chi connectivity index (χ1v) is 12.3. The van der Waals surface area contributed by atoms with Gasteiger partial charge in [0.1, 0.15) is 6.04 Å². The van der Waals surface area contributed by atoms with Gasteiger partial charge in [-0.3, -0.25) is 14.6 Å². The molecule has 0 aromatic heterocycles. The Morgan fingerprint density at radius 2 is 1.89 bits per heavy atom. The van der Waals surface area contributed by atoms with Gasteiger partial charge >= 0.3 is 12.0 Å². The Balaban J connectivity index is 1.53. The standard InChI is InChI=1S/C27H33N5O4/c1-32-22-14-7-6-13-20(22)23(18-10-4-3-5-11-18)30-24(25(32)33)31-27(35)29-19-12-8-9-17(15-19)16-21(28)26(34)36-2/h6-9,12-15,18,21,24H,3-5,10-11,16,28H2,1-2H3,(H2,29,31,35)/t21-,24-/m0/s1. The highest BCUT2D eigenvalue weighted by molar-refractivity contribution is 6.14. The van der Waals surface area contributed by atoms with Gasteiger partial charge in [0.15, 0.2) is 0 Å². The van der Waals surface area contributed by atoms with E-state index >= 15 is 0 Å². The van der Waals surface area contributed by atoms with E-state index in [-0.39, 0.29) is 18.2 Å². The summed E-state index contributed by atoms with van der Waals surface area (Å²) in [7, 11) is 3.00. The number of para-hydroxylation sites is 1. The Labute approximate surface area is 211 Å². The van der Waals surface area contributed by atoms with Gasteiger partial charge in [-0.25, -0.2) is 4.79 Å². The summed E-state index contributed by atoms with van der Waals surface area (Å²) in [6.07, 6.45) is 4.72. The molecule has 9 heteroatoms. The van der Waals surface area contributed by atoms with Crippen LogP contribution in [0.15, 0.2) is 53.5 Å². The zero-order valence-electron chi connectivity index (χ0n) is 20.7. The lowest BCUT2D eigenvalue weighted by Crippen LogP contribution is -2.47. The van der Waals surface area contributed by atoms with Crippen LogP contribution in [-0.2, 0) is 20.7 Å². The van der Waals surface area contributed by atoms with Gasteiger partial charge in [0, 0.05) is 24.2 Å². The summed E-state index contributed by atoms with van der Waals surface area (Å²) in [5, 5.41) is 5.52. The number of amides is 3. The number of fused-ring (bicyclic) bond motifs is 1. The average Bonchev–Trinajstić information content (AvgIpc) is 2.99. The molecule has 0 unspecified atom stereocenters. The highest BCUT2D eigenvalue weighted by Crippen LogP contribution is 2.33. The number of carbonyl (C=O) groups is 3. The average molecular weight is 492 g/mol. The number of esters is 1. The number of benzodiazepines with no additional fused rings is 1. The molecular formula is C27H33N5O4. The fraction of sp³-hybridized carbons (Fsp3) is 0.407. The largest absolute Gasteiger partial charge is 0.468 e. The zero-order valence-corrected chi connectivity index (χ0v) is 20.7. The van der Waals surface area contributed by atoms with Crippen LogP contribution in [-0.4, -0.2) is 50.0 Å². The predicted octanol–water partition coefficient (Wildman–Crippen LogP) is 3.22. The molecule has 0 saturated heterocycles. The number of hydrogen-bond acceptors (Lipinski definition) is 6. The first-order valence-electron chi connectivity index (χ1n) is 12.3. The lowest BCUT2D eigenvalue weighted by atomic mass is 9.83. The Hall–Kier alpha value is -3.72. The molecule has 0 bridgehead atoms. The van der Waals surface area contributed by atoms with Crippen LogP contribution in [0.1, 0.15) is 43.2 Å². The molecule has 9 nitrogen and oxygen atoms in total. The molecule has 1 heterocycles. The summed E-state index contributed by atoms with van der Waals surface area (Å²) in [5.74, 6) is -0.557. The molecule has 190 valence electrons. The van der Waals surface area contributed by atoms with E-state index in [0.29, 0.717) is 5.69 Å². The van der Waals surface area contributed by atoms with Crippen molar-refractivity contribution >= 4 is 35.0 Å².